The van der Waals surface area contributed by atoms with Crippen LogP contribution < -0.4 is 5.73 Å². The predicted molar refractivity (Wildman–Crippen MR) is 75.6 cm³/mol. The molecular formula is C13H12ClN5. The number of nitrogens with two attached hydrogens (primary N) is 1. The molecule has 1 aromatic carbocycles. The third-order valence-corrected chi connectivity index (χ3v) is 3.22. The summed E-state index contributed by atoms with van der Waals surface area (Å²) in [7, 11) is 1.92. The smallest absolute Gasteiger partial charge is 0.158 e. The van der Waals surface area contributed by atoms with Crippen molar-refractivity contribution in [3.05, 3.63) is 41.7 Å². The number of benzene rings is 1. The van der Waals surface area contributed by atoms with Gasteiger partial charge < -0.3 is 10.3 Å². The monoisotopic (exact) mass is 273 g/mol. The number of halogens is 1. The van der Waals surface area contributed by atoms with E-state index < -0.39 is 0 Å². The zero-order valence-corrected chi connectivity index (χ0v) is 11.0. The fourth-order valence-corrected chi connectivity index (χ4v) is 2.16. The van der Waals surface area contributed by atoms with E-state index in [0.29, 0.717) is 10.8 Å². The van der Waals surface area contributed by atoms with Crippen LogP contribution in [0.4, 0.5) is 5.82 Å². The number of hydrogen-bond donors (Lipinski definition) is 2. The molecule has 0 aliphatic heterocycles. The summed E-state index contributed by atoms with van der Waals surface area (Å²) in [6.07, 6.45) is 3.61. The van der Waals surface area contributed by atoms with Gasteiger partial charge in [-0.3, -0.25) is 5.10 Å². The minimum absolute atomic E-state index is 0.445. The Morgan fingerprint density at radius 1 is 1.26 bits per heavy atom. The van der Waals surface area contributed by atoms with Crippen LogP contribution in [-0.2, 0) is 7.05 Å². The molecule has 3 rings (SSSR count). The summed E-state index contributed by atoms with van der Waals surface area (Å²) < 4.78 is 1.91. The number of aryl methyl sites for hydroxylation is 1. The second-order valence-corrected chi connectivity index (χ2v) is 4.66. The number of aromatic nitrogens is 4. The molecule has 3 N–H and O–H groups in total. The number of rotatable bonds is 2. The highest BCUT2D eigenvalue weighted by atomic mass is 35.5. The summed E-state index contributed by atoms with van der Waals surface area (Å²) >= 11 is 5.91. The molecule has 0 radical (unpaired) electrons. The summed E-state index contributed by atoms with van der Waals surface area (Å²) in [4.78, 5) is 4.31. The highest BCUT2D eigenvalue weighted by Crippen LogP contribution is 2.34. The van der Waals surface area contributed by atoms with Gasteiger partial charge in [0.1, 0.15) is 5.69 Å². The van der Waals surface area contributed by atoms with Gasteiger partial charge in [-0.2, -0.15) is 5.10 Å². The molecule has 2 aromatic heterocycles. The molecule has 5 nitrogen and oxygen atoms in total. The van der Waals surface area contributed by atoms with E-state index in [0.717, 1.165) is 22.6 Å². The van der Waals surface area contributed by atoms with Gasteiger partial charge in [-0.25, -0.2) is 4.98 Å². The fourth-order valence-electron chi connectivity index (χ4n) is 2.03. The Labute approximate surface area is 115 Å². The van der Waals surface area contributed by atoms with E-state index in [-0.39, 0.29) is 0 Å². The zero-order valence-electron chi connectivity index (χ0n) is 10.3. The van der Waals surface area contributed by atoms with E-state index in [1.54, 1.807) is 6.20 Å². The van der Waals surface area contributed by atoms with Crippen LogP contribution in [0.25, 0.3) is 22.6 Å². The Kier molecular flexibility index (Phi) is 2.76. The van der Waals surface area contributed by atoms with Crippen LogP contribution in [0.15, 0.2) is 36.7 Å². The van der Waals surface area contributed by atoms with Crippen LogP contribution in [0.3, 0.4) is 0 Å². The quantitative estimate of drug-likeness (QED) is 0.754. The molecular weight excluding hydrogens is 262 g/mol. The van der Waals surface area contributed by atoms with Gasteiger partial charge in [-0.15, -0.1) is 0 Å². The summed E-state index contributed by atoms with van der Waals surface area (Å²) in [5.41, 5.74) is 8.54. The van der Waals surface area contributed by atoms with Crippen molar-refractivity contribution in [2.24, 2.45) is 7.05 Å². The van der Waals surface area contributed by atoms with Gasteiger partial charge in [-0.05, 0) is 17.7 Å². The lowest BCUT2D eigenvalue weighted by molar-refractivity contribution is 0.914. The van der Waals surface area contributed by atoms with E-state index in [1.807, 2.05) is 42.1 Å². The molecule has 3 aromatic rings. The van der Waals surface area contributed by atoms with Gasteiger partial charge in [0.2, 0.25) is 0 Å². The van der Waals surface area contributed by atoms with E-state index in [2.05, 4.69) is 15.2 Å². The lowest BCUT2D eigenvalue weighted by atomic mass is 10.1. The molecule has 0 amide bonds. The van der Waals surface area contributed by atoms with Crippen molar-refractivity contribution >= 4 is 17.4 Å². The largest absolute Gasteiger partial charge is 0.382 e. The SMILES string of the molecule is Cn1ccnc1-c1[nH]nc(N)c1-c1ccc(Cl)cc1. The third-order valence-electron chi connectivity index (χ3n) is 2.97. The first-order valence-corrected chi connectivity index (χ1v) is 6.12. The van der Waals surface area contributed by atoms with Gasteiger partial charge in [0, 0.05) is 24.5 Å². The number of anilines is 1. The average molecular weight is 274 g/mol. The molecule has 0 saturated carbocycles. The molecule has 0 aliphatic carbocycles. The van der Waals surface area contributed by atoms with Crippen molar-refractivity contribution in [1.29, 1.82) is 0 Å². The summed E-state index contributed by atoms with van der Waals surface area (Å²) in [6.45, 7) is 0. The fraction of sp³-hybridized carbons (Fsp3) is 0.0769. The van der Waals surface area contributed by atoms with Crippen molar-refractivity contribution in [3.63, 3.8) is 0 Å². The molecule has 6 heteroatoms. The van der Waals surface area contributed by atoms with Crippen molar-refractivity contribution in [2.45, 2.75) is 0 Å². The number of aromatic amines is 1. The Morgan fingerprint density at radius 2 is 2.00 bits per heavy atom. The van der Waals surface area contributed by atoms with E-state index >= 15 is 0 Å². The lowest BCUT2D eigenvalue weighted by Gasteiger charge is -2.05. The van der Waals surface area contributed by atoms with Crippen LogP contribution in [0.1, 0.15) is 0 Å². The molecule has 2 heterocycles. The van der Waals surface area contributed by atoms with Crippen LogP contribution in [0.5, 0.6) is 0 Å². The standard InChI is InChI=1S/C13H12ClN5/c1-19-7-6-16-13(19)11-10(12(15)18-17-11)8-2-4-9(14)5-3-8/h2-7H,1H3,(H3,15,17,18). The lowest BCUT2D eigenvalue weighted by Crippen LogP contribution is -1.94. The van der Waals surface area contributed by atoms with Crippen molar-refractivity contribution in [3.8, 4) is 22.6 Å². The second-order valence-electron chi connectivity index (χ2n) is 4.23. The number of nitrogens with one attached hydrogen (secondary N) is 1. The van der Waals surface area contributed by atoms with Crippen LogP contribution in [0, 0.1) is 0 Å². The number of hydrogen-bond acceptors (Lipinski definition) is 3. The molecule has 0 aliphatic rings. The third kappa shape index (κ3) is 1.98. The van der Waals surface area contributed by atoms with Crippen LogP contribution in [-0.4, -0.2) is 19.7 Å². The Balaban J connectivity index is 2.19. The first-order chi connectivity index (χ1) is 9.16. The van der Waals surface area contributed by atoms with E-state index in [4.69, 9.17) is 17.3 Å². The first kappa shape index (κ1) is 11.8. The van der Waals surface area contributed by atoms with E-state index in [9.17, 15) is 0 Å². The number of imidazole rings is 1. The molecule has 0 unspecified atom stereocenters. The maximum atomic E-state index is 5.96. The van der Waals surface area contributed by atoms with Crippen molar-refractivity contribution < 1.29 is 0 Å². The average Bonchev–Trinajstić information content (AvgIpc) is 2.97. The highest BCUT2D eigenvalue weighted by molar-refractivity contribution is 6.30. The van der Waals surface area contributed by atoms with Gasteiger partial charge in [0.05, 0.1) is 5.56 Å². The maximum absolute atomic E-state index is 5.96. The second kappa shape index (κ2) is 4.44. The highest BCUT2D eigenvalue weighted by Gasteiger charge is 2.17. The van der Waals surface area contributed by atoms with Gasteiger partial charge in [0.15, 0.2) is 11.6 Å². The normalized spacial score (nSPS) is 10.8. The zero-order chi connectivity index (χ0) is 13.4. The summed E-state index contributed by atoms with van der Waals surface area (Å²) in [5.74, 6) is 1.23. The van der Waals surface area contributed by atoms with Crippen LogP contribution in [0.2, 0.25) is 5.02 Å². The first-order valence-electron chi connectivity index (χ1n) is 5.74. The Morgan fingerprint density at radius 3 is 2.63 bits per heavy atom. The summed E-state index contributed by atoms with van der Waals surface area (Å²) in [6, 6.07) is 7.48. The molecule has 0 saturated heterocycles. The number of H-pyrrole nitrogens is 1. The van der Waals surface area contributed by atoms with Gasteiger partial charge in [-0.1, -0.05) is 23.7 Å². The van der Waals surface area contributed by atoms with Crippen molar-refractivity contribution in [2.75, 3.05) is 5.73 Å². The molecule has 19 heavy (non-hydrogen) atoms. The van der Waals surface area contributed by atoms with Crippen LogP contribution >= 0.6 is 11.6 Å². The molecule has 96 valence electrons. The molecule has 0 atom stereocenters. The minimum atomic E-state index is 0.445. The number of nitrogens with zero attached hydrogens (tertiary/aromatic N) is 3. The molecule has 0 fully saturated rings. The summed E-state index contributed by atoms with van der Waals surface area (Å²) in [5, 5.41) is 7.70. The molecule has 0 bridgehead atoms. The maximum Gasteiger partial charge on any atom is 0.158 e. The van der Waals surface area contributed by atoms with E-state index in [1.165, 1.54) is 0 Å². The van der Waals surface area contributed by atoms with Crippen molar-refractivity contribution in [1.82, 2.24) is 19.7 Å². The Hall–Kier alpha value is -2.27. The minimum Gasteiger partial charge on any atom is -0.382 e. The predicted octanol–water partition coefficient (Wildman–Crippen LogP) is 2.71. The van der Waals surface area contributed by atoms with Gasteiger partial charge >= 0.3 is 0 Å². The molecule has 0 spiro atoms. The Bertz CT molecular complexity index is 711. The topological polar surface area (TPSA) is 72.5 Å². The van der Waals surface area contributed by atoms with Gasteiger partial charge in [0.25, 0.3) is 0 Å². The number of nitrogen functional groups attached to an aromatic ring is 1.